The molecule has 4 N–H and O–H groups in total. The molecule has 1 saturated heterocycles. The number of nitrogens with zero attached hydrogens (tertiary/aromatic N) is 2. The Morgan fingerprint density at radius 1 is 1.26 bits per heavy atom. The second kappa shape index (κ2) is 6.07. The minimum atomic E-state index is -0.693. The van der Waals surface area contributed by atoms with Gasteiger partial charge in [0.05, 0.1) is 17.4 Å². The molecule has 0 saturated carbocycles. The monoisotopic (exact) mass is 315 g/mol. The Morgan fingerprint density at radius 3 is 2.70 bits per heavy atom. The molecule has 1 aromatic heterocycles. The summed E-state index contributed by atoms with van der Waals surface area (Å²) in [6.07, 6.45) is 2.55. The number of rotatable bonds is 2. The number of H-pyrrole nitrogens is 1. The number of hydrogen-bond donors (Lipinski definition) is 3. The van der Waals surface area contributed by atoms with Crippen LogP contribution in [-0.2, 0) is 14.4 Å². The summed E-state index contributed by atoms with van der Waals surface area (Å²) in [7, 11) is 0. The summed E-state index contributed by atoms with van der Waals surface area (Å²) in [5.74, 6) is -1.86. The van der Waals surface area contributed by atoms with Crippen LogP contribution in [0.4, 0.5) is 5.69 Å². The van der Waals surface area contributed by atoms with Gasteiger partial charge in [-0.2, -0.15) is 0 Å². The third-order valence-corrected chi connectivity index (χ3v) is 4.06. The highest BCUT2D eigenvalue weighted by Gasteiger charge is 2.29. The lowest BCUT2D eigenvalue weighted by Crippen LogP contribution is -2.46. The molecular weight excluding hydrogens is 298 g/mol. The number of carbonyl (C=O) groups excluding carboxylic acids is 3. The lowest BCUT2D eigenvalue weighted by Gasteiger charge is -2.29. The normalized spacial score (nSPS) is 15.6. The second-order valence-corrected chi connectivity index (χ2v) is 5.56. The quantitative estimate of drug-likeness (QED) is 0.686. The molecule has 0 atom stereocenters. The molecule has 0 spiro atoms. The molecule has 0 bridgehead atoms. The predicted octanol–water partition coefficient (Wildman–Crippen LogP) is 0.225. The fourth-order valence-electron chi connectivity index (χ4n) is 2.71. The minimum Gasteiger partial charge on any atom is -0.369 e. The van der Waals surface area contributed by atoms with E-state index in [9.17, 15) is 14.4 Å². The molecule has 23 heavy (non-hydrogen) atoms. The number of aromatic nitrogens is 2. The van der Waals surface area contributed by atoms with Crippen molar-refractivity contribution in [2.24, 2.45) is 11.7 Å². The summed E-state index contributed by atoms with van der Waals surface area (Å²) in [6, 6.07) is 5.16. The number of primary amides is 1. The van der Waals surface area contributed by atoms with E-state index in [0.717, 1.165) is 11.0 Å². The van der Waals surface area contributed by atoms with Gasteiger partial charge in [-0.25, -0.2) is 4.98 Å². The molecule has 0 radical (unpaired) electrons. The number of amides is 3. The number of anilines is 1. The van der Waals surface area contributed by atoms with Gasteiger partial charge in [0.15, 0.2) is 0 Å². The summed E-state index contributed by atoms with van der Waals surface area (Å²) in [6.45, 7) is 0.721. The van der Waals surface area contributed by atoms with Crippen LogP contribution in [0.3, 0.4) is 0 Å². The number of hydrogen-bond acceptors (Lipinski definition) is 4. The standard InChI is InChI=1S/C15H17N5O3/c16-13(21)9-3-5-20(6-4-9)15(23)14(22)19-10-1-2-11-12(7-10)18-8-17-11/h1-2,7-9H,3-6H2,(H2,16,21)(H,17,18)(H,19,22). The maximum atomic E-state index is 12.2. The third kappa shape index (κ3) is 3.15. The number of nitrogens with two attached hydrogens (primary N) is 1. The summed E-state index contributed by atoms with van der Waals surface area (Å²) >= 11 is 0. The number of piperidine rings is 1. The van der Waals surface area contributed by atoms with Crippen molar-refractivity contribution in [1.29, 1.82) is 0 Å². The molecule has 0 aliphatic carbocycles. The molecule has 1 aliphatic heterocycles. The first-order valence-electron chi connectivity index (χ1n) is 7.37. The molecule has 0 unspecified atom stereocenters. The first-order chi connectivity index (χ1) is 11.0. The highest BCUT2D eigenvalue weighted by Crippen LogP contribution is 2.18. The Hall–Kier alpha value is -2.90. The molecule has 3 rings (SSSR count). The smallest absolute Gasteiger partial charge is 0.313 e. The van der Waals surface area contributed by atoms with Gasteiger partial charge in [0.1, 0.15) is 0 Å². The zero-order valence-corrected chi connectivity index (χ0v) is 12.4. The van der Waals surface area contributed by atoms with Crippen LogP contribution < -0.4 is 11.1 Å². The number of benzene rings is 1. The van der Waals surface area contributed by atoms with Crippen molar-refractivity contribution in [2.75, 3.05) is 18.4 Å². The van der Waals surface area contributed by atoms with Gasteiger partial charge in [-0.3, -0.25) is 14.4 Å². The van der Waals surface area contributed by atoms with Gasteiger partial charge in [0.2, 0.25) is 5.91 Å². The van der Waals surface area contributed by atoms with E-state index in [2.05, 4.69) is 15.3 Å². The van der Waals surface area contributed by atoms with Crippen LogP contribution >= 0.6 is 0 Å². The number of fused-ring (bicyclic) bond motifs is 1. The minimum absolute atomic E-state index is 0.218. The summed E-state index contributed by atoms with van der Waals surface area (Å²) in [5.41, 5.74) is 7.33. The Morgan fingerprint density at radius 2 is 2.00 bits per heavy atom. The summed E-state index contributed by atoms with van der Waals surface area (Å²) in [5, 5.41) is 2.59. The average molecular weight is 315 g/mol. The zero-order chi connectivity index (χ0) is 16.4. The third-order valence-electron chi connectivity index (χ3n) is 4.06. The van der Waals surface area contributed by atoms with E-state index in [-0.39, 0.29) is 11.8 Å². The van der Waals surface area contributed by atoms with Crippen LogP contribution in [0.5, 0.6) is 0 Å². The first kappa shape index (κ1) is 15.0. The zero-order valence-electron chi connectivity index (χ0n) is 12.4. The van der Waals surface area contributed by atoms with Crippen molar-refractivity contribution in [1.82, 2.24) is 14.9 Å². The number of likely N-dealkylation sites (tertiary alicyclic amines) is 1. The maximum absolute atomic E-state index is 12.2. The Balaban J connectivity index is 1.61. The van der Waals surface area contributed by atoms with E-state index < -0.39 is 11.8 Å². The molecule has 3 amide bonds. The van der Waals surface area contributed by atoms with Gasteiger partial charge in [0, 0.05) is 24.7 Å². The largest absolute Gasteiger partial charge is 0.369 e. The van der Waals surface area contributed by atoms with E-state index in [1.807, 2.05) is 0 Å². The fraction of sp³-hybridized carbons (Fsp3) is 0.333. The van der Waals surface area contributed by atoms with Gasteiger partial charge in [0.25, 0.3) is 0 Å². The molecule has 1 aliphatic rings. The average Bonchev–Trinajstić information content (AvgIpc) is 3.01. The first-order valence-corrected chi connectivity index (χ1v) is 7.37. The van der Waals surface area contributed by atoms with Crippen LogP contribution in [0.25, 0.3) is 11.0 Å². The highest BCUT2D eigenvalue weighted by atomic mass is 16.2. The van der Waals surface area contributed by atoms with Gasteiger partial charge >= 0.3 is 11.8 Å². The van der Waals surface area contributed by atoms with Crippen LogP contribution in [0.2, 0.25) is 0 Å². The van der Waals surface area contributed by atoms with E-state index in [4.69, 9.17) is 5.73 Å². The Labute approximate surface area is 132 Å². The molecule has 120 valence electrons. The Kier molecular flexibility index (Phi) is 3.96. The van der Waals surface area contributed by atoms with Crippen LogP contribution in [0, 0.1) is 5.92 Å². The predicted molar refractivity (Wildman–Crippen MR) is 83.2 cm³/mol. The summed E-state index contributed by atoms with van der Waals surface area (Å²) < 4.78 is 0. The van der Waals surface area contributed by atoms with Crippen molar-refractivity contribution in [3.8, 4) is 0 Å². The topological polar surface area (TPSA) is 121 Å². The highest BCUT2D eigenvalue weighted by molar-refractivity contribution is 6.39. The molecule has 8 heteroatoms. The SMILES string of the molecule is NC(=O)C1CCN(C(=O)C(=O)Nc2ccc3nc[nH]c3c2)CC1. The molecule has 8 nitrogen and oxygen atoms in total. The van der Waals surface area contributed by atoms with Crippen molar-refractivity contribution in [2.45, 2.75) is 12.8 Å². The molecule has 1 aromatic carbocycles. The molecule has 1 fully saturated rings. The number of aromatic amines is 1. The van der Waals surface area contributed by atoms with Gasteiger partial charge < -0.3 is 20.9 Å². The molecule has 2 aromatic rings. The van der Waals surface area contributed by atoms with Crippen LogP contribution in [0.1, 0.15) is 12.8 Å². The number of imidazole rings is 1. The van der Waals surface area contributed by atoms with Gasteiger partial charge in [-0.1, -0.05) is 0 Å². The fourth-order valence-corrected chi connectivity index (χ4v) is 2.71. The van der Waals surface area contributed by atoms with Crippen molar-refractivity contribution in [3.05, 3.63) is 24.5 Å². The van der Waals surface area contributed by atoms with Crippen LogP contribution in [-0.4, -0.2) is 45.7 Å². The van der Waals surface area contributed by atoms with Crippen molar-refractivity contribution in [3.63, 3.8) is 0 Å². The van der Waals surface area contributed by atoms with Gasteiger partial charge in [-0.05, 0) is 31.0 Å². The van der Waals surface area contributed by atoms with Crippen LogP contribution in [0.15, 0.2) is 24.5 Å². The maximum Gasteiger partial charge on any atom is 0.313 e. The van der Waals surface area contributed by atoms with Crippen molar-refractivity contribution < 1.29 is 14.4 Å². The lowest BCUT2D eigenvalue weighted by molar-refractivity contribution is -0.144. The lowest BCUT2D eigenvalue weighted by atomic mass is 9.96. The number of carbonyl (C=O) groups is 3. The number of nitrogens with one attached hydrogen (secondary N) is 2. The van der Waals surface area contributed by atoms with E-state index in [1.165, 1.54) is 4.90 Å². The van der Waals surface area contributed by atoms with Gasteiger partial charge in [-0.15, -0.1) is 0 Å². The van der Waals surface area contributed by atoms with Crippen molar-refractivity contribution >= 4 is 34.4 Å². The Bertz CT molecular complexity index is 761. The molecular formula is C15H17N5O3. The van der Waals surface area contributed by atoms with E-state index in [1.54, 1.807) is 24.5 Å². The summed E-state index contributed by atoms with van der Waals surface area (Å²) in [4.78, 5) is 43.8. The second-order valence-electron chi connectivity index (χ2n) is 5.56. The van der Waals surface area contributed by atoms with E-state index in [0.29, 0.717) is 31.6 Å². The molecule has 2 heterocycles. The van der Waals surface area contributed by atoms with E-state index >= 15 is 0 Å².